The van der Waals surface area contributed by atoms with Crippen LogP contribution >= 0.6 is 0 Å². The highest BCUT2D eigenvalue weighted by Gasteiger charge is 2.38. The Hall–Kier alpha value is -8.93. The van der Waals surface area contributed by atoms with Gasteiger partial charge in [0.15, 0.2) is 0 Å². The minimum Gasteiger partial charge on any atom is -0.399 e. The molecule has 0 aliphatic rings. The minimum atomic E-state index is -1.70. The maximum atomic E-state index is 14.4. The standard InChI is InChI=1S/C51H64N14O10/c1-28(2)19-37(45(55)69)62-48(72)38(20-30-9-5-4-6-10-30)63-49(73)40(22-34-25-56-27-59-34)61-43(67)26-58-46(70)29(3)60-47(71)39(21-32-24-57-36-12-8-7-11-35(32)36)64-50(74)41(17-18-42(54)66)65(44(68)23-52)51(75)31-13-15-33(53)16-14-31/h4-16,24-25,27-29,37-41,57H,17-23,26,52-53H2,1-3H3,(H2,54,66)(H2,55,69)(H,56,59)(H,58,70)(H,60,71)(H,61,67)(H,62,72)(H,63,73)(H,64,74)/t29-,37-,38-,39-,40-,41-/m0/s1. The Labute approximate surface area is 431 Å². The molecule has 0 spiro atoms. The summed E-state index contributed by atoms with van der Waals surface area (Å²) in [4.78, 5) is 146. The van der Waals surface area contributed by atoms with Gasteiger partial charge in [0.2, 0.25) is 53.2 Å². The van der Waals surface area contributed by atoms with Crippen molar-refractivity contribution in [3.05, 3.63) is 120 Å². The van der Waals surface area contributed by atoms with Gasteiger partial charge in [0.1, 0.15) is 36.3 Å². The third-order valence-electron chi connectivity index (χ3n) is 11.9. The molecule has 0 aliphatic heterocycles. The van der Waals surface area contributed by atoms with Gasteiger partial charge >= 0.3 is 0 Å². The maximum Gasteiger partial charge on any atom is 0.261 e. The van der Waals surface area contributed by atoms with E-state index in [4.69, 9.17) is 22.9 Å². The number of aromatic amines is 2. The number of amides is 10. The topological polar surface area (TPSA) is 395 Å². The number of carbonyl (C=O) groups excluding carboxylic acids is 10. The number of imide groups is 1. The first-order valence-corrected chi connectivity index (χ1v) is 24.1. The zero-order chi connectivity index (χ0) is 54.8. The molecule has 0 bridgehead atoms. The SMILES string of the molecule is CC(C)C[C@H](NC(=O)[C@H](Cc1ccccc1)NC(=O)[C@H](Cc1cnc[nH]1)NC(=O)CNC(=O)[C@H](C)NC(=O)[C@H](Cc1c[nH]c2ccccc12)NC(=O)[C@H](CCC(N)=O)N(C(=O)CN)C(=O)c1ccc(N)cc1)C(N)=O. The third kappa shape index (κ3) is 16.8. The molecule has 2 heterocycles. The number of nitrogens with zero attached hydrogens (tertiary/aromatic N) is 2. The molecule has 24 nitrogen and oxygen atoms in total. The first-order valence-electron chi connectivity index (χ1n) is 24.1. The molecule has 0 radical (unpaired) electrons. The summed E-state index contributed by atoms with van der Waals surface area (Å²) in [5.41, 5.74) is 25.2. The number of carbonyl (C=O) groups is 10. The number of para-hydroxylation sites is 1. The maximum absolute atomic E-state index is 14.4. The second-order valence-electron chi connectivity index (χ2n) is 18.2. The number of nitrogens with two attached hydrogens (primary N) is 4. The minimum absolute atomic E-state index is 0.00648. The Bertz CT molecular complexity index is 2820. The first kappa shape index (κ1) is 57.0. The normalized spacial score (nSPS) is 13.5. The van der Waals surface area contributed by atoms with Crippen molar-refractivity contribution in [1.82, 2.24) is 51.8 Å². The third-order valence-corrected chi connectivity index (χ3v) is 11.9. The van der Waals surface area contributed by atoms with E-state index >= 15 is 0 Å². The molecule has 16 N–H and O–H groups in total. The van der Waals surface area contributed by atoms with Crippen LogP contribution in [0.5, 0.6) is 0 Å². The lowest BCUT2D eigenvalue weighted by Crippen LogP contribution is -2.59. The predicted molar refractivity (Wildman–Crippen MR) is 275 cm³/mol. The number of rotatable bonds is 27. The van der Waals surface area contributed by atoms with Gasteiger partial charge in [-0.25, -0.2) is 4.98 Å². The van der Waals surface area contributed by atoms with Gasteiger partial charge in [0.05, 0.1) is 19.4 Å². The van der Waals surface area contributed by atoms with Crippen molar-refractivity contribution >= 4 is 75.7 Å². The highest BCUT2D eigenvalue weighted by Crippen LogP contribution is 2.21. The molecule has 75 heavy (non-hydrogen) atoms. The van der Waals surface area contributed by atoms with E-state index in [1.165, 1.54) is 43.7 Å². The van der Waals surface area contributed by atoms with Gasteiger partial charge in [-0.1, -0.05) is 62.4 Å². The lowest BCUT2D eigenvalue weighted by molar-refractivity contribution is -0.139. The molecule has 6 atom stereocenters. The van der Waals surface area contributed by atoms with Crippen LogP contribution in [0.3, 0.4) is 0 Å². The number of H-pyrrole nitrogens is 2. The summed E-state index contributed by atoms with van der Waals surface area (Å²) in [5.74, 6) is -8.63. The Morgan fingerprint density at radius 2 is 1.28 bits per heavy atom. The lowest BCUT2D eigenvalue weighted by Gasteiger charge is -2.30. The number of nitrogen functional groups attached to an aromatic ring is 1. The molecule has 0 saturated heterocycles. The van der Waals surface area contributed by atoms with Gasteiger partial charge in [0.25, 0.3) is 5.91 Å². The molecule has 0 aliphatic carbocycles. The molecular weight excluding hydrogens is 969 g/mol. The fourth-order valence-electron chi connectivity index (χ4n) is 8.04. The molecule has 0 fully saturated rings. The van der Waals surface area contributed by atoms with E-state index in [9.17, 15) is 47.9 Å². The number of benzene rings is 3. The van der Waals surface area contributed by atoms with Crippen LogP contribution in [0.2, 0.25) is 0 Å². The summed E-state index contributed by atoms with van der Waals surface area (Å²) in [6.07, 6.45) is 3.46. The van der Waals surface area contributed by atoms with Gasteiger partial charge < -0.3 is 64.8 Å². The monoisotopic (exact) mass is 1030 g/mol. The summed E-state index contributed by atoms with van der Waals surface area (Å²) in [5, 5.41) is 16.2. The van der Waals surface area contributed by atoms with E-state index in [1.54, 1.807) is 60.8 Å². The van der Waals surface area contributed by atoms with E-state index in [1.807, 2.05) is 13.8 Å². The lowest BCUT2D eigenvalue weighted by atomic mass is 10.0. The Morgan fingerprint density at radius 3 is 1.91 bits per heavy atom. The van der Waals surface area contributed by atoms with Crippen LogP contribution < -0.4 is 54.8 Å². The number of hydrogen-bond donors (Lipinski definition) is 12. The van der Waals surface area contributed by atoms with Gasteiger partial charge in [-0.15, -0.1) is 0 Å². The van der Waals surface area contributed by atoms with Crippen molar-refractivity contribution in [1.29, 1.82) is 0 Å². The number of hydrogen-bond acceptors (Lipinski definition) is 13. The molecule has 5 rings (SSSR count). The number of nitrogens with one attached hydrogen (secondary N) is 8. The quantitative estimate of drug-likeness (QED) is 0.0277. The Balaban J connectivity index is 1.32. The van der Waals surface area contributed by atoms with Crippen molar-refractivity contribution in [3.63, 3.8) is 0 Å². The molecule has 398 valence electrons. The summed E-state index contributed by atoms with van der Waals surface area (Å²) >= 11 is 0. The predicted octanol–water partition coefficient (Wildman–Crippen LogP) is -1.15. The van der Waals surface area contributed by atoms with Gasteiger partial charge in [-0.05, 0) is 67.1 Å². The van der Waals surface area contributed by atoms with E-state index in [0.29, 0.717) is 38.3 Å². The number of aromatic nitrogens is 3. The first-order chi connectivity index (χ1) is 35.7. The van der Waals surface area contributed by atoms with E-state index in [-0.39, 0.29) is 37.2 Å². The van der Waals surface area contributed by atoms with Crippen molar-refractivity contribution in [2.75, 3.05) is 18.8 Å². The zero-order valence-electron chi connectivity index (χ0n) is 41.7. The number of fused-ring (bicyclic) bond motifs is 1. The molecule has 3 aromatic carbocycles. The molecule has 24 heteroatoms. The molecule has 2 aromatic heterocycles. The second kappa shape index (κ2) is 27.2. The van der Waals surface area contributed by atoms with E-state index in [2.05, 4.69) is 46.9 Å². The highest BCUT2D eigenvalue weighted by atomic mass is 16.2. The Kier molecular flexibility index (Phi) is 20.7. The van der Waals surface area contributed by atoms with Crippen molar-refractivity contribution in [2.24, 2.45) is 23.1 Å². The van der Waals surface area contributed by atoms with Crippen LogP contribution in [0.1, 0.15) is 67.2 Å². The molecule has 5 aromatic rings. The number of anilines is 1. The number of primary amides is 2. The van der Waals surface area contributed by atoms with Crippen LogP contribution in [0.25, 0.3) is 10.9 Å². The van der Waals surface area contributed by atoms with Gasteiger partial charge in [-0.2, -0.15) is 0 Å². The van der Waals surface area contributed by atoms with Crippen LogP contribution in [-0.2, 0) is 62.4 Å². The zero-order valence-corrected chi connectivity index (χ0v) is 41.7. The largest absolute Gasteiger partial charge is 0.399 e. The summed E-state index contributed by atoms with van der Waals surface area (Å²) < 4.78 is 0. The molecule has 0 unspecified atom stereocenters. The molecule has 10 amide bonds. The van der Waals surface area contributed by atoms with Crippen molar-refractivity contribution in [2.45, 2.75) is 95.5 Å². The van der Waals surface area contributed by atoms with Crippen LogP contribution in [-0.4, -0.2) is 128 Å². The van der Waals surface area contributed by atoms with Crippen LogP contribution in [0.15, 0.2) is 97.6 Å². The van der Waals surface area contributed by atoms with E-state index < -0.39 is 121 Å². The van der Waals surface area contributed by atoms with Crippen LogP contribution in [0.4, 0.5) is 5.69 Å². The highest BCUT2D eigenvalue weighted by molar-refractivity contribution is 6.09. The van der Waals surface area contributed by atoms with Crippen LogP contribution in [0, 0.1) is 5.92 Å². The summed E-state index contributed by atoms with van der Waals surface area (Å²) in [7, 11) is 0. The van der Waals surface area contributed by atoms with Gasteiger partial charge in [-0.3, -0.25) is 52.8 Å². The fraction of sp³-hybridized carbons (Fsp3) is 0.353. The van der Waals surface area contributed by atoms with Crippen molar-refractivity contribution in [3.8, 4) is 0 Å². The summed E-state index contributed by atoms with van der Waals surface area (Å²) in [6, 6.07) is 13.3. The van der Waals surface area contributed by atoms with Gasteiger partial charge in [0, 0.05) is 65.9 Å². The fourth-order valence-corrected chi connectivity index (χ4v) is 8.04. The molecule has 0 saturated carbocycles. The number of imidazole rings is 1. The average Bonchev–Trinajstić information content (AvgIpc) is 4.06. The Morgan fingerprint density at radius 1 is 0.667 bits per heavy atom. The smallest absolute Gasteiger partial charge is 0.261 e. The summed E-state index contributed by atoms with van der Waals surface area (Å²) in [6.45, 7) is 3.61. The average molecular weight is 1030 g/mol. The van der Waals surface area contributed by atoms with E-state index in [0.717, 1.165) is 0 Å². The van der Waals surface area contributed by atoms with Crippen molar-refractivity contribution < 1.29 is 47.9 Å². The molecular formula is C51H64N14O10. The second-order valence-corrected chi connectivity index (χ2v) is 18.2.